The average Bonchev–Trinajstić information content (AvgIpc) is 2.41. The van der Waals surface area contributed by atoms with Crippen LogP contribution < -0.4 is 5.32 Å². The van der Waals surface area contributed by atoms with Crippen molar-refractivity contribution >= 4 is 15.9 Å². The van der Waals surface area contributed by atoms with Gasteiger partial charge in [-0.3, -0.25) is 0 Å². The van der Waals surface area contributed by atoms with Crippen molar-refractivity contribution in [2.24, 2.45) is 0 Å². The van der Waals surface area contributed by atoms with E-state index >= 15 is 0 Å². The van der Waals surface area contributed by atoms with Crippen molar-refractivity contribution in [2.45, 2.75) is 26.8 Å². The van der Waals surface area contributed by atoms with Gasteiger partial charge in [-0.1, -0.05) is 70.9 Å². The highest BCUT2D eigenvalue weighted by molar-refractivity contribution is 9.10. The van der Waals surface area contributed by atoms with Gasteiger partial charge in [0, 0.05) is 4.47 Å². The normalized spacial score (nSPS) is 12.4. The van der Waals surface area contributed by atoms with Crippen LogP contribution in [0.2, 0.25) is 0 Å². The molecule has 0 fully saturated rings. The molecule has 1 atom stereocenters. The summed E-state index contributed by atoms with van der Waals surface area (Å²) in [5.41, 5.74) is 5.17. The SMILES string of the molecule is CCNC(c1ccc(C)cc1)c1cccc(C)c1Br. The monoisotopic (exact) mass is 317 g/mol. The van der Waals surface area contributed by atoms with E-state index in [1.54, 1.807) is 0 Å². The molecule has 2 heteroatoms. The van der Waals surface area contributed by atoms with Crippen molar-refractivity contribution in [2.75, 3.05) is 6.54 Å². The Morgan fingerprint density at radius 1 is 1.05 bits per heavy atom. The Morgan fingerprint density at radius 2 is 1.74 bits per heavy atom. The molecule has 1 unspecified atom stereocenters. The van der Waals surface area contributed by atoms with Crippen LogP contribution in [-0.2, 0) is 0 Å². The molecule has 0 radical (unpaired) electrons. The topological polar surface area (TPSA) is 12.0 Å². The van der Waals surface area contributed by atoms with Crippen LogP contribution in [0.15, 0.2) is 46.9 Å². The first-order chi connectivity index (χ1) is 9.13. The zero-order valence-electron chi connectivity index (χ0n) is 11.7. The van der Waals surface area contributed by atoms with Crippen LogP contribution in [-0.4, -0.2) is 6.54 Å². The summed E-state index contributed by atoms with van der Waals surface area (Å²) in [4.78, 5) is 0. The molecule has 2 aromatic rings. The maximum absolute atomic E-state index is 3.72. The molecule has 2 aromatic carbocycles. The maximum Gasteiger partial charge on any atom is 0.0587 e. The van der Waals surface area contributed by atoms with E-state index in [0.29, 0.717) is 0 Å². The van der Waals surface area contributed by atoms with Crippen LogP contribution in [0.25, 0.3) is 0 Å². The highest BCUT2D eigenvalue weighted by Crippen LogP contribution is 2.30. The number of nitrogens with one attached hydrogen (secondary N) is 1. The van der Waals surface area contributed by atoms with Crippen LogP contribution in [0.3, 0.4) is 0 Å². The van der Waals surface area contributed by atoms with Gasteiger partial charge < -0.3 is 5.32 Å². The summed E-state index contributed by atoms with van der Waals surface area (Å²) in [5, 5.41) is 3.57. The largest absolute Gasteiger partial charge is 0.306 e. The lowest BCUT2D eigenvalue weighted by atomic mass is 9.96. The summed E-state index contributed by atoms with van der Waals surface area (Å²) in [6, 6.07) is 15.4. The molecule has 0 aromatic heterocycles. The molecule has 0 spiro atoms. The molecule has 0 bridgehead atoms. The van der Waals surface area contributed by atoms with E-state index < -0.39 is 0 Å². The van der Waals surface area contributed by atoms with Crippen molar-refractivity contribution in [3.63, 3.8) is 0 Å². The second-order valence-electron chi connectivity index (χ2n) is 4.88. The summed E-state index contributed by atoms with van der Waals surface area (Å²) in [6.45, 7) is 7.34. The van der Waals surface area contributed by atoms with Gasteiger partial charge in [0.25, 0.3) is 0 Å². The van der Waals surface area contributed by atoms with Gasteiger partial charge in [-0.25, -0.2) is 0 Å². The van der Waals surface area contributed by atoms with Crippen LogP contribution in [0.4, 0.5) is 0 Å². The summed E-state index contributed by atoms with van der Waals surface area (Å²) in [6.07, 6.45) is 0. The minimum Gasteiger partial charge on any atom is -0.306 e. The van der Waals surface area contributed by atoms with Crippen LogP contribution in [0, 0.1) is 13.8 Å². The molecule has 0 saturated heterocycles. The van der Waals surface area contributed by atoms with E-state index in [2.05, 4.69) is 84.5 Å². The zero-order chi connectivity index (χ0) is 13.8. The summed E-state index contributed by atoms with van der Waals surface area (Å²) >= 11 is 3.72. The van der Waals surface area contributed by atoms with Gasteiger partial charge in [0.05, 0.1) is 6.04 Å². The molecule has 0 aliphatic rings. The van der Waals surface area contributed by atoms with Crippen molar-refractivity contribution in [1.82, 2.24) is 5.32 Å². The van der Waals surface area contributed by atoms with Crippen molar-refractivity contribution in [3.05, 3.63) is 69.2 Å². The highest BCUT2D eigenvalue weighted by atomic mass is 79.9. The molecule has 2 rings (SSSR count). The third kappa shape index (κ3) is 3.26. The molecular weight excluding hydrogens is 298 g/mol. The summed E-state index contributed by atoms with van der Waals surface area (Å²) in [7, 11) is 0. The second kappa shape index (κ2) is 6.36. The Balaban J connectivity index is 2.45. The van der Waals surface area contributed by atoms with E-state index in [9.17, 15) is 0 Å². The number of aryl methyl sites for hydroxylation is 2. The molecule has 0 heterocycles. The third-order valence-corrected chi connectivity index (χ3v) is 4.43. The quantitative estimate of drug-likeness (QED) is 0.856. The Kier molecular flexibility index (Phi) is 4.78. The molecular formula is C17H20BrN. The maximum atomic E-state index is 3.72. The zero-order valence-corrected chi connectivity index (χ0v) is 13.3. The minimum atomic E-state index is 0.236. The number of hydrogen-bond acceptors (Lipinski definition) is 1. The predicted molar refractivity (Wildman–Crippen MR) is 85.6 cm³/mol. The first-order valence-corrected chi connectivity index (χ1v) is 7.47. The molecule has 1 nitrogen and oxygen atoms in total. The van der Waals surface area contributed by atoms with Gasteiger partial charge in [0.2, 0.25) is 0 Å². The van der Waals surface area contributed by atoms with Crippen molar-refractivity contribution < 1.29 is 0 Å². The van der Waals surface area contributed by atoms with Gasteiger partial charge in [-0.15, -0.1) is 0 Å². The van der Waals surface area contributed by atoms with Gasteiger partial charge in [0.15, 0.2) is 0 Å². The molecule has 1 N–H and O–H groups in total. The average molecular weight is 318 g/mol. The van der Waals surface area contributed by atoms with Crippen molar-refractivity contribution in [1.29, 1.82) is 0 Å². The predicted octanol–water partition coefficient (Wildman–Crippen LogP) is 4.76. The van der Waals surface area contributed by atoms with E-state index in [0.717, 1.165) is 6.54 Å². The standard InChI is InChI=1S/C17H20BrN/c1-4-19-17(14-10-8-12(2)9-11-14)15-7-5-6-13(3)16(15)18/h5-11,17,19H,4H2,1-3H3. The van der Waals surface area contributed by atoms with Gasteiger partial charge in [-0.05, 0) is 37.1 Å². The first-order valence-electron chi connectivity index (χ1n) is 6.68. The van der Waals surface area contributed by atoms with Gasteiger partial charge in [-0.2, -0.15) is 0 Å². The third-order valence-electron chi connectivity index (χ3n) is 3.35. The number of hydrogen-bond donors (Lipinski definition) is 1. The van der Waals surface area contributed by atoms with E-state index in [4.69, 9.17) is 0 Å². The molecule has 0 aliphatic carbocycles. The fourth-order valence-corrected chi connectivity index (χ4v) is 2.76. The Labute approximate surface area is 124 Å². The van der Waals surface area contributed by atoms with Crippen LogP contribution in [0.1, 0.15) is 35.2 Å². The summed E-state index contributed by atoms with van der Waals surface area (Å²) < 4.78 is 1.20. The number of halogens is 1. The lowest BCUT2D eigenvalue weighted by molar-refractivity contribution is 0.628. The van der Waals surface area contributed by atoms with Crippen molar-refractivity contribution in [3.8, 4) is 0 Å². The van der Waals surface area contributed by atoms with Gasteiger partial charge in [0.1, 0.15) is 0 Å². The first kappa shape index (κ1) is 14.3. The van der Waals surface area contributed by atoms with Crippen LogP contribution >= 0.6 is 15.9 Å². The minimum absolute atomic E-state index is 0.236. The van der Waals surface area contributed by atoms with Gasteiger partial charge >= 0.3 is 0 Å². The van der Waals surface area contributed by atoms with E-state index in [1.165, 1.54) is 26.7 Å². The Hall–Kier alpha value is -1.12. The lowest BCUT2D eigenvalue weighted by Crippen LogP contribution is -2.22. The molecule has 100 valence electrons. The van der Waals surface area contributed by atoms with E-state index in [1.807, 2.05) is 0 Å². The smallest absolute Gasteiger partial charge is 0.0587 e. The number of benzene rings is 2. The second-order valence-corrected chi connectivity index (χ2v) is 5.67. The molecule has 19 heavy (non-hydrogen) atoms. The number of rotatable bonds is 4. The van der Waals surface area contributed by atoms with Crippen LogP contribution in [0.5, 0.6) is 0 Å². The fraction of sp³-hybridized carbons (Fsp3) is 0.294. The van der Waals surface area contributed by atoms with E-state index in [-0.39, 0.29) is 6.04 Å². The lowest BCUT2D eigenvalue weighted by Gasteiger charge is -2.21. The fourth-order valence-electron chi connectivity index (χ4n) is 2.26. The molecule has 0 amide bonds. The molecule has 0 saturated carbocycles. The Morgan fingerprint density at radius 3 is 2.37 bits per heavy atom. The highest BCUT2D eigenvalue weighted by Gasteiger charge is 2.16. The molecule has 0 aliphatic heterocycles. The Bertz CT molecular complexity index is 546. The summed E-state index contributed by atoms with van der Waals surface area (Å²) in [5.74, 6) is 0.